The van der Waals surface area contributed by atoms with Gasteiger partial charge in [-0.1, -0.05) is 34.6 Å². The van der Waals surface area contributed by atoms with Crippen molar-refractivity contribution >= 4 is 0 Å². The maximum atomic E-state index is 12.0. The van der Waals surface area contributed by atoms with Crippen LogP contribution in [0.15, 0.2) is 0 Å². The summed E-state index contributed by atoms with van der Waals surface area (Å²) in [6.07, 6.45) is -8.32. The molecule has 0 radical (unpaired) electrons. The predicted molar refractivity (Wildman–Crippen MR) is 196 cm³/mol. The van der Waals surface area contributed by atoms with Gasteiger partial charge in [0, 0.05) is 0 Å². The van der Waals surface area contributed by atoms with Gasteiger partial charge in [0.1, 0.15) is 42.7 Å². The molecule has 7 aliphatic rings. The van der Waals surface area contributed by atoms with Gasteiger partial charge in [0.2, 0.25) is 0 Å². The van der Waals surface area contributed by atoms with Gasteiger partial charge in [-0.2, -0.15) is 0 Å². The highest BCUT2D eigenvalue weighted by atomic mass is 16.7. The summed E-state index contributed by atoms with van der Waals surface area (Å²) < 4.78 is 25.1. The number of rotatable bonds is 10. The van der Waals surface area contributed by atoms with E-state index >= 15 is 0 Å². The number of ether oxygens (including phenoxy) is 4. The second-order valence-corrected chi connectivity index (χ2v) is 20.7. The number of aliphatic hydroxyl groups excluding tert-OH is 9. The van der Waals surface area contributed by atoms with Crippen LogP contribution in [0.3, 0.4) is 0 Å². The lowest BCUT2D eigenvalue weighted by atomic mass is 9.41. The molecule has 2 heterocycles. The van der Waals surface area contributed by atoms with E-state index < -0.39 is 97.3 Å². The first-order valence-corrected chi connectivity index (χ1v) is 20.9. The molecule has 0 aromatic carbocycles. The fourth-order valence-electron chi connectivity index (χ4n) is 14.2. The minimum absolute atomic E-state index is 0.0301. The van der Waals surface area contributed by atoms with Gasteiger partial charge in [-0.15, -0.1) is 0 Å². The maximum absolute atomic E-state index is 12.0. The molecule has 14 heteroatoms. The van der Waals surface area contributed by atoms with Crippen LogP contribution in [0.4, 0.5) is 0 Å². The zero-order chi connectivity index (χ0) is 40.4. The Hall–Kier alpha value is -0.560. The lowest BCUT2D eigenvalue weighted by molar-refractivity contribution is -0.338. The minimum atomic E-state index is -1.60. The van der Waals surface area contributed by atoms with E-state index in [9.17, 15) is 51.1 Å². The molecular weight excluding hydrogens is 716 g/mol. The molecule has 0 unspecified atom stereocenters. The highest BCUT2D eigenvalue weighted by Crippen LogP contribution is 2.89. The zero-order valence-electron chi connectivity index (χ0n) is 33.7. The summed E-state index contributed by atoms with van der Waals surface area (Å²) in [6, 6.07) is 0. The molecule has 55 heavy (non-hydrogen) atoms. The number of aliphatic hydroxyl groups is 10. The quantitative estimate of drug-likeness (QED) is 0.136. The smallest absolute Gasteiger partial charge is 0.186 e. The first-order chi connectivity index (χ1) is 25.5. The van der Waals surface area contributed by atoms with Crippen LogP contribution in [0.25, 0.3) is 0 Å². The van der Waals surface area contributed by atoms with E-state index in [1.165, 1.54) is 0 Å². The fraction of sp³-hybridized carbons (Fsp3) is 1.00. The van der Waals surface area contributed by atoms with Gasteiger partial charge in [-0.3, -0.25) is 0 Å². The molecule has 21 atom stereocenters. The second-order valence-electron chi connectivity index (χ2n) is 20.7. The van der Waals surface area contributed by atoms with Crippen LogP contribution < -0.4 is 0 Å². The van der Waals surface area contributed by atoms with Gasteiger partial charge in [0.05, 0.1) is 43.2 Å². The van der Waals surface area contributed by atoms with Gasteiger partial charge >= 0.3 is 0 Å². The van der Waals surface area contributed by atoms with Crippen LogP contribution in [-0.2, 0) is 18.9 Å². The SMILES string of the molecule is C[C@H](CC[C@@H](O)C(C)(C)O)[C@H]1[C@@H](O)C[C@]2(C)[C@H]3C[C@H](O[C@H]4O[C@@H](CO)[C@H](O)[C@@H](O)[C@H]4O)[C@H]4C(C)(C)[C@@H](O[C@H]5OC[C@@H](O)[C@H](O)[C@@H]5O)CC[C@@]45C[C@@]35CC[C@]12C. The lowest BCUT2D eigenvalue weighted by Crippen LogP contribution is -2.65. The Kier molecular flexibility index (Phi) is 11.1. The Bertz CT molecular complexity index is 1390. The molecule has 0 bridgehead atoms. The van der Waals surface area contributed by atoms with Gasteiger partial charge in [-0.25, -0.2) is 0 Å². The second kappa shape index (κ2) is 14.3. The average molecular weight is 787 g/mol. The minimum Gasteiger partial charge on any atom is -0.394 e. The Morgan fingerprint density at radius 1 is 0.782 bits per heavy atom. The van der Waals surface area contributed by atoms with Gasteiger partial charge < -0.3 is 70.0 Å². The molecule has 10 N–H and O–H groups in total. The first kappa shape index (κ1) is 42.6. The largest absolute Gasteiger partial charge is 0.394 e. The van der Waals surface area contributed by atoms with E-state index in [0.717, 1.165) is 25.7 Å². The fourth-order valence-corrected chi connectivity index (χ4v) is 14.2. The molecule has 0 aromatic heterocycles. The van der Waals surface area contributed by atoms with E-state index in [1.54, 1.807) is 13.8 Å². The van der Waals surface area contributed by atoms with Crippen molar-refractivity contribution in [3.63, 3.8) is 0 Å². The van der Waals surface area contributed by atoms with Crippen molar-refractivity contribution in [3.05, 3.63) is 0 Å². The van der Waals surface area contributed by atoms with Crippen molar-refractivity contribution in [3.8, 4) is 0 Å². The monoisotopic (exact) mass is 786 g/mol. The summed E-state index contributed by atoms with van der Waals surface area (Å²) in [7, 11) is 0. The van der Waals surface area contributed by atoms with Crippen LogP contribution in [0, 0.1) is 50.7 Å². The van der Waals surface area contributed by atoms with E-state index in [1.807, 2.05) is 0 Å². The number of hydrogen-bond donors (Lipinski definition) is 10. The predicted octanol–water partition coefficient (Wildman–Crippen LogP) is 0.564. The molecule has 318 valence electrons. The van der Waals surface area contributed by atoms with E-state index in [-0.39, 0.29) is 51.9 Å². The Balaban J connectivity index is 1.22. The summed E-state index contributed by atoms with van der Waals surface area (Å²) in [5.74, 6) is 0.0163. The van der Waals surface area contributed by atoms with Crippen molar-refractivity contribution in [2.24, 2.45) is 50.7 Å². The summed E-state index contributed by atoms with van der Waals surface area (Å²) in [5, 5.41) is 107. The van der Waals surface area contributed by atoms with E-state index in [4.69, 9.17) is 18.9 Å². The molecule has 0 aromatic rings. The standard InChI is InChI=1S/C41H70O14/c1-19(8-9-25(45)37(4,5)51)27-20(43)15-39(7)24-14-22(53-35-32(50)30(48)29(47)23(16-42)54-35)33-36(2,3)26(55-34-31(49)28(46)21(44)17-52-34)10-11-41(33)18-40(24,41)13-12-38(27,39)6/h19-35,42-51H,8-18H2,1-7H3/t19-,20+,21-,22+,23+,24-,25-,26+,27+,28+,29+,30-,31+,32-,33+,34-,35+,38-,39-,40+,41-/m1/s1. The summed E-state index contributed by atoms with van der Waals surface area (Å²) in [5.41, 5.74) is -2.64. The summed E-state index contributed by atoms with van der Waals surface area (Å²) in [4.78, 5) is 0. The van der Waals surface area contributed by atoms with Crippen LogP contribution in [0.2, 0.25) is 0 Å². The summed E-state index contributed by atoms with van der Waals surface area (Å²) in [6.45, 7) is 13.5. The molecule has 5 saturated carbocycles. The van der Waals surface area contributed by atoms with Crippen LogP contribution >= 0.6 is 0 Å². The molecule has 5 aliphatic carbocycles. The normalized spacial score (nSPS) is 54.4. The Morgan fingerprint density at radius 3 is 2.11 bits per heavy atom. The van der Waals surface area contributed by atoms with Crippen molar-refractivity contribution < 1.29 is 70.0 Å². The molecule has 7 rings (SSSR count). The highest BCUT2D eigenvalue weighted by Gasteiger charge is 2.84. The van der Waals surface area contributed by atoms with Crippen molar-refractivity contribution in [2.75, 3.05) is 13.2 Å². The first-order valence-electron chi connectivity index (χ1n) is 20.9. The number of hydrogen-bond acceptors (Lipinski definition) is 14. The van der Waals surface area contributed by atoms with Crippen LogP contribution in [-0.4, -0.2) is 150 Å². The highest BCUT2D eigenvalue weighted by molar-refractivity contribution is 5.32. The molecule has 2 saturated heterocycles. The molecule has 2 spiro atoms. The average Bonchev–Trinajstić information content (AvgIpc) is 3.71. The van der Waals surface area contributed by atoms with Crippen molar-refractivity contribution in [1.82, 2.24) is 0 Å². The topological polar surface area (TPSA) is 239 Å². The van der Waals surface area contributed by atoms with E-state index in [0.29, 0.717) is 32.1 Å². The molecule has 14 nitrogen and oxygen atoms in total. The zero-order valence-corrected chi connectivity index (χ0v) is 33.7. The Morgan fingerprint density at radius 2 is 1.45 bits per heavy atom. The maximum Gasteiger partial charge on any atom is 0.186 e. The van der Waals surface area contributed by atoms with Gasteiger partial charge in [0.25, 0.3) is 0 Å². The third kappa shape index (κ3) is 6.33. The third-order valence-corrected chi connectivity index (χ3v) is 17.3. The van der Waals surface area contributed by atoms with Crippen molar-refractivity contribution in [2.45, 2.75) is 192 Å². The lowest BCUT2D eigenvalue weighted by Gasteiger charge is -2.65. The van der Waals surface area contributed by atoms with Crippen molar-refractivity contribution in [1.29, 1.82) is 0 Å². The third-order valence-electron chi connectivity index (χ3n) is 17.3. The Labute approximate surface area is 325 Å². The number of fused-ring (bicyclic) bond motifs is 2. The molecular formula is C41H70O14. The summed E-state index contributed by atoms with van der Waals surface area (Å²) >= 11 is 0. The molecule has 0 amide bonds. The van der Waals surface area contributed by atoms with E-state index in [2.05, 4.69) is 34.6 Å². The van der Waals surface area contributed by atoms with Crippen LogP contribution in [0.5, 0.6) is 0 Å². The van der Waals surface area contributed by atoms with Gasteiger partial charge in [0.15, 0.2) is 12.6 Å². The molecule has 7 fully saturated rings. The van der Waals surface area contributed by atoms with Crippen LogP contribution in [0.1, 0.15) is 106 Å². The molecule has 2 aliphatic heterocycles. The van der Waals surface area contributed by atoms with Gasteiger partial charge in [-0.05, 0) is 122 Å².